The highest BCUT2D eigenvalue weighted by Gasteiger charge is 2.05. The largest absolute Gasteiger partial charge is 0.481 e. The standard InChI is InChI=1S/C3H6O2.C2H7O3P/c1-2-3(4)5;1-2-6(3,4)5/h2H2,1H3,(H,4,5);2H2,1H3,(H2,3,4,5). The van der Waals surface area contributed by atoms with Gasteiger partial charge in [-0.15, -0.1) is 0 Å². The van der Waals surface area contributed by atoms with Crippen molar-refractivity contribution in [2.24, 2.45) is 0 Å². The zero-order valence-electron chi connectivity index (χ0n) is 6.52. The molecule has 3 N–H and O–H groups in total. The molecule has 0 aromatic rings. The lowest BCUT2D eigenvalue weighted by Gasteiger charge is -1.92. The van der Waals surface area contributed by atoms with E-state index in [9.17, 15) is 9.36 Å². The van der Waals surface area contributed by atoms with Gasteiger partial charge in [0.2, 0.25) is 0 Å². The van der Waals surface area contributed by atoms with Gasteiger partial charge in [0, 0.05) is 12.6 Å². The second kappa shape index (κ2) is 6.34. The van der Waals surface area contributed by atoms with E-state index in [1.54, 1.807) is 6.92 Å². The second-order valence-electron chi connectivity index (χ2n) is 1.73. The van der Waals surface area contributed by atoms with Gasteiger partial charge in [0.25, 0.3) is 0 Å². The van der Waals surface area contributed by atoms with Crippen LogP contribution in [0.2, 0.25) is 0 Å². The zero-order chi connectivity index (χ0) is 9.49. The molecule has 0 bridgehead atoms. The van der Waals surface area contributed by atoms with E-state index in [1.807, 2.05) is 0 Å². The minimum atomic E-state index is -3.65. The highest BCUT2D eigenvalue weighted by molar-refractivity contribution is 7.51. The van der Waals surface area contributed by atoms with E-state index in [-0.39, 0.29) is 12.6 Å². The summed E-state index contributed by atoms with van der Waals surface area (Å²) in [6.07, 6.45) is 0.160. The van der Waals surface area contributed by atoms with Gasteiger partial charge in [0.15, 0.2) is 0 Å². The van der Waals surface area contributed by atoms with Gasteiger partial charge in [-0.2, -0.15) is 0 Å². The van der Waals surface area contributed by atoms with Crippen LogP contribution in [0.15, 0.2) is 0 Å². The predicted molar refractivity (Wildman–Crippen MR) is 40.5 cm³/mol. The molecule has 0 aliphatic heterocycles. The van der Waals surface area contributed by atoms with Crippen molar-refractivity contribution in [2.45, 2.75) is 20.3 Å². The average Bonchev–Trinajstić information content (AvgIpc) is 1.88. The van der Waals surface area contributed by atoms with Gasteiger partial charge >= 0.3 is 13.6 Å². The van der Waals surface area contributed by atoms with Crippen molar-refractivity contribution in [3.8, 4) is 0 Å². The van der Waals surface area contributed by atoms with E-state index in [0.29, 0.717) is 0 Å². The minimum Gasteiger partial charge on any atom is -0.481 e. The number of carboxylic acids is 1. The summed E-state index contributed by atoms with van der Waals surface area (Å²) in [4.78, 5) is 25.2. The van der Waals surface area contributed by atoms with Crippen molar-refractivity contribution in [2.75, 3.05) is 6.16 Å². The van der Waals surface area contributed by atoms with Crippen LogP contribution in [-0.2, 0) is 9.36 Å². The molecule has 0 spiro atoms. The number of carboxylic acid groups (broad SMARTS) is 1. The molecular formula is C5H13O5P. The van der Waals surface area contributed by atoms with E-state index in [2.05, 4.69) is 0 Å². The van der Waals surface area contributed by atoms with Crippen LogP contribution in [0.1, 0.15) is 20.3 Å². The van der Waals surface area contributed by atoms with Gasteiger partial charge < -0.3 is 14.9 Å². The van der Waals surface area contributed by atoms with E-state index in [0.717, 1.165) is 0 Å². The first-order valence-corrected chi connectivity index (χ1v) is 4.89. The highest BCUT2D eigenvalue weighted by Crippen LogP contribution is 2.32. The molecule has 0 amide bonds. The minimum absolute atomic E-state index is 0.0625. The molecule has 0 aliphatic carbocycles. The molecule has 0 heterocycles. The van der Waals surface area contributed by atoms with E-state index < -0.39 is 13.6 Å². The molecule has 0 radical (unpaired) electrons. The molecule has 11 heavy (non-hydrogen) atoms. The summed E-state index contributed by atoms with van der Waals surface area (Å²) in [6.45, 7) is 3.04. The Morgan fingerprint density at radius 1 is 1.36 bits per heavy atom. The van der Waals surface area contributed by atoms with Crippen molar-refractivity contribution in [1.82, 2.24) is 0 Å². The zero-order valence-corrected chi connectivity index (χ0v) is 7.41. The molecule has 0 rings (SSSR count). The Balaban J connectivity index is 0. The fourth-order valence-corrected chi connectivity index (χ4v) is 0. The average molecular weight is 184 g/mol. The number of rotatable bonds is 2. The molecule has 0 fully saturated rings. The highest BCUT2D eigenvalue weighted by atomic mass is 31.2. The van der Waals surface area contributed by atoms with Gasteiger partial charge in [-0.05, 0) is 0 Å². The normalized spacial score (nSPS) is 9.82. The Morgan fingerprint density at radius 3 is 1.55 bits per heavy atom. The summed E-state index contributed by atoms with van der Waals surface area (Å²) >= 11 is 0. The van der Waals surface area contributed by atoms with Gasteiger partial charge in [0.05, 0.1) is 0 Å². The second-order valence-corrected chi connectivity index (χ2v) is 3.69. The first-order valence-electron chi connectivity index (χ1n) is 3.09. The SMILES string of the molecule is CCC(=O)O.CCP(=O)(O)O. The molecular weight excluding hydrogens is 171 g/mol. The van der Waals surface area contributed by atoms with Crippen LogP contribution in [0.4, 0.5) is 0 Å². The van der Waals surface area contributed by atoms with Crippen LogP contribution < -0.4 is 0 Å². The molecule has 0 atom stereocenters. The summed E-state index contributed by atoms with van der Waals surface area (Å²) in [7, 11) is -3.65. The Morgan fingerprint density at radius 2 is 1.55 bits per heavy atom. The quantitative estimate of drug-likeness (QED) is 0.548. The van der Waals surface area contributed by atoms with Gasteiger partial charge in [-0.3, -0.25) is 9.36 Å². The Bertz CT molecular complexity index is 149. The van der Waals surface area contributed by atoms with Crippen molar-refractivity contribution in [1.29, 1.82) is 0 Å². The molecule has 0 aromatic carbocycles. The van der Waals surface area contributed by atoms with E-state index in [1.165, 1.54) is 6.92 Å². The van der Waals surface area contributed by atoms with E-state index >= 15 is 0 Å². The first kappa shape index (κ1) is 13.2. The molecule has 0 saturated carbocycles. The maximum atomic E-state index is 9.69. The Labute approximate surface area is 65.2 Å². The Hall–Kier alpha value is -0.380. The number of aliphatic carboxylic acids is 1. The summed E-state index contributed by atoms with van der Waals surface area (Å²) in [5.41, 5.74) is 0. The molecule has 68 valence electrons. The summed E-state index contributed by atoms with van der Waals surface area (Å²) < 4.78 is 9.69. The smallest absolute Gasteiger partial charge is 0.325 e. The third-order valence-electron chi connectivity index (χ3n) is 0.714. The predicted octanol–water partition coefficient (Wildman–Crippen LogP) is 0.665. The van der Waals surface area contributed by atoms with Crippen molar-refractivity contribution in [3.05, 3.63) is 0 Å². The van der Waals surface area contributed by atoms with Gasteiger partial charge in [0.1, 0.15) is 0 Å². The van der Waals surface area contributed by atoms with Crippen LogP contribution in [0, 0.1) is 0 Å². The van der Waals surface area contributed by atoms with Crippen LogP contribution in [-0.4, -0.2) is 27.0 Å². The number of carbonyl (C=O) groups is 1. The summed E-state index contributed by atoms with van der Waals surface area (Å²) in [5.74, 6) is -0.745. The number of hydrogen-bond donors (Lipinski definition) is 3. The van der Waals surface area contributed by atoms with E-state index in [4.69, 9.17) is 14.9 Å². The maximum absolute atomic E-state index is 9.69. The summed E-state index contributed by atoms with van der Waals surface area (Å²) in [5, 5.41) is 7.72. The molecule has 0 aliphatic rings. The lowest BCUT2D eigenvalue weighted by atomic mass is 10.5. The first-order chi connectivity index (χ1) is 4.83. The van der Waals surface area contributed by atoms with Gasteiger partial charge in [-0.25, -0.2) is 0 Å². The molecule has 5 nitrogen and oxygen atoms in total. The fraction of sp³-hybridized carbons (Fsp3) is 0.800. The molecule has 0 aromatic heterocycles. The lowest BCUT2D eigenvalue weighted by Crippen LogP contribution is -1.86. The van der Waals surface area contributed by atoms with Crippen LogP contribution in [0.5, 0.6) is 0 Å². The fourth-order valence-electron chi connectivity index (χ4n) is 0. The van der Waals surface area contributed by atoms with Gasteiger partial charge in [-0.1, -0.05) is 13.8 Å². The monoisotopic (exact) mass is 184 g/mol. The topological polar surface area (TPSA) is 94.8 Å². The van der Waals surface area contributed by atoms with Crippen LogP contribution >= 0.6 is 7.60 Å². The third kappa shape index (κ3) is 26.2. The van der Waals surface area contributed by atoms with Crippen molar-refractivity contribution >= 4 is 13.6 Å². The van der Waals surface area contributed by atoms with Crippen molar-refractivity contribution in [3.63, 3.8) is 0 Å². The third-order valence-corrected chi connectivity index (χ3v) is 1.54. The van der Waals surface area contributed by atoms with Crippen LogP contribution in [0.25, 0.3) is 0 Å². The Kier molecular flexibility index (Phi) is 7.62. The molecule has 0 saturated heterocycles. The maximum Gasteiger partial charge on any atom is 0.325 e. The lowest BCUT2D eigenvalue weighted by molar-refractivity contribution is -0.136. The van der Waals surface area contributed by atoms with Crippen LogP contribution in [0.3, 0.4) is 0 Å². The molecule has 0 unspecified atom stereocenters. The van der Waals surface area contributed by atoms with Crippen molar-refractivity contribution < 1.29 is 24.3 Å². The number of hydrogen-bond acceptors (Lipinski definition) is 2. The molecule has 6 heteroatoms. The summed E-state index contributed by atoms with van der Waals surface area (Å²) in [6, 6.07) is 0.